The Morgan fingerprint density at radius 2 is 1.69 bits per heavy atom. The first-order valence-electron chi connectivity index (χ1n) is 12.8. The number of ether oxygens (including phenoxy) is 1. The van der Waals surface area contributed by atoms with E-state index in [0.29, 0.717) is 27.9 Å². The molecule has 1 aliphatic heterocycles. The van der Waals surface area contributed by atoms with Crippen molar-refractivity contribution in [2.75, 3.05) is 10.2 Å². The van der Waals surface area contributed by atoms with Gasteiger partial charge in [-0.25, -0.2) is 14.5 Å². The van der Waals surface area contributed by atoms with E-state index in [-0.39, 0.29) is 5.75 Å². The summed E-state index contributed by atoms with van der Waals surface area (Å²) in [6, 6.07) is 17.3. The van der Waals surface area contributed by atoms with Crippen LogP contribution in [0.25, 0.3) is 17.1 Å². The zero-order valence-corrected chi connectivity index (χ0v) is 23.9. The van der Waals surface area contributed by atoms with Crippen molar-refractivity contribution in [3.63, 3.8) is 0 Å². The molecule has 1 aromatic heterocycles. The zero-order valence-electron chi connectivity index (χ0n) is 23.0. The van der Waals surface area contributed by atoms with Crippen molar-refractivity contribution in [2.45, 2.75) is 45.0 Å². The minimum absolute atomic E-state index is 0.334. The van der Waals surface area contributed by atoms with Crippen LogP contribution in [0.1, 0.15) is 25.0 Å². The predicted molar refractivity (Wildman–Crippen MR) is 156 cm³/mol. The Bertz CT molecular complexity index is 1620. The summed E-state index contributed by atoms with van der Waals surface area (Å²) in [7, 11) is 0. The van der Waals surface area contributed by atoms with Crippen molar-refractivity contribution >= 4 is 34.3 Å². The lowest BCUT2D eigenvalue weighted by Crippen LogP contribution is -2.42. The highest BCUT2D eigenvalue weighted by Crippen LogP contribution is 2.44. The number of carbonyl (C=O) groups excluding carboxylic acids is 1. The number of halogens is 3. The molecular weight excluding hydrogens is 569 g/mol. The summed E-state index contributed by atoms with van der Waals surface area (Å²) in [6.07, 6.45) is -4.21. The molecule has 2 N–H and O–H groups in total. The highest BCUT2D eigenvalue weighted by atomic mass is 32.2. The summed E-state index contributed by atoms with van der Waals surface area (Å²) in [4.78, 5) is 23.2. The van der Waals surface area contributed by atoms with E-state index in [9.17, 15) is 23.1 Å². The number of nitrogens with zero attached hydrogens (tertiary/aromatic N) is 5. The lowest BCUT2D eigenvalue weighted by molar-refractivity contribution is -0.274. The van der Waals surface area contributed by atoms with Crippen molar-refractivity contribution in [3.05, 3.63) is 84.2 Å². The molecule has 0 bridgehead atoms. The Morgan fingerprint density at radius 1 is 1.05 bits per heavy atom. The molecule has 2 amide bonds. The first kappa shape index (κ1) is 29.1. The number of rotatable bonds is 5. The Kier molecular flexibility index (Phi) is 7.73. The van der Waals surface area contributed by atoms with E-state index in [2.05, 4.69) is 25.1 Å². The van der Waals surface area contributed by atoms with E-state index in [1.165, 1.54) is 47.0 Å². The second-order valence-corrected chi connectivity index (χ2v) is 11.8. The normalized spacial score (nSPS) is 17.5. The molecule has 3 aromatic carbocycles. The molecular formula is C29H27F3N6O3S. The van der Waals surface area contributed by atoms with Crippen LogP contribution in [0.3, 0.4) is 0 Å². The van der Waals surface area contributed by atoms with Gasteiger partial charge in [0.2, 0.25) is 0 Å². The fourth-order valence-corrected chi connectivity index (χ4v) is 5.59. The first-order valence-corrected chi connectivity index (χ1v) is 13.6. The van der Waals surface area contributed by atoms with Crippen LogP contribution in [0.15, 0.2) is 78.0 Å². The predicted octanol–water partition coefficient (Wildman–Crippen LogP) is 6.69. The quantitative estimate of drug-likeness (QED) is 0.265. The third-order valence-corrected chi connectivity index (χ3v) is 7.73. The average molecular weight is 597 g/mol. The minimum atomic E-state index is -4.77. The molecule has 1 atom stereocenters. The summed E-state index contributed by atoms with van der Waals surface area (Å²) >= 11 is 1.33. The molecule has 1 unspecified atom stereocenters. The molecule has 1 fully saturated rings. The van der Waals surface area contributed by atoms with Gasteiger partial charge in [0.1, 0.15) is 18.3 Å². The van der Waals surface area contributed by atoms with Crippen LogP contribution in [0.2, 0.25) is 0 Å². The molecule has 2 heterocycles. The number of aryl methyl sites for hydroxylation is 2. The van der Waals surface area contributed by atoms with Crippen molar-refractivity contribution in [2.24, 2.45) is 4.99 Å². The van der Waals surface area contributed by atoms with Crippen LogP contribution < -0.4 is 15.0 Å². The van der Waals surface area contributed by atoms with Crippen molar-refractivity contribution < 1.29 is 27.8 Å². The molecule has 0 aliphatic carbocycles. The Morgan fingerprint density at radius 3 is 2.31 bits per heavy atom. The topological polar surface area (TPSA) is 105 Å². The number of hydrogen-bond acceptors (Lipinski definition) is 6. The summed E-state index contributed by atoms with van der Waals surface area (Å²) in [5, 5.41) is 18.6. The molecule has 42 heavy (non-hydrogen) atoms. The van der Waals surface area contributed by atoms with Gasteiger partial charge in [-0.2, -0.15) is 4.99 Å². The molecule has 5 rings (SSSR count). The number of amides is 2. The van der Waals surface area contributed by atoms with Crippen LogP contribution in [0.4, 0.5) is 29.3 Å². The molecule has 0 radical (unpaired) electrons. The molecule has 9 nitrogen and oxygen atoms in total. The molecule has 1 aliphatic rings. The third-order valence-electron chi connectivity index (χ3n) is 6.53. The number of urea groups is 1. The monoisotopic (exact) mass is 596 g/mol. The van der Waals surface area contributed by atoms with Gasteiger partial charge in [0, 0.05) is 11.3 Å². The fourth-order valence-electron chi connectivity index (χ4n) is 4.49. The maximum Gasteiger partial charge on any atom is 0.573 e. The van der Waals surface area contributed by atoms with Gasteiger partial charge in [-0.1, -0.05) is 30.0 Å². The van der Waals surface area contributed by atoms with Gasteiger partial charge >= 0.3 is 12.4 Å². The van der Waals surface area contributed by atoms with Gasteiger partial charge in [-0.15, -0.1) is 18.3 Å². The fraction of sp³-hybridized carbons (Fsp3) is 0.241. The van der Waals surface area contributed by atoms with E-state index in [1.807, 2.05) is 45.9 Å². The van der Waals surface area contributed by atoms with Crippen LogP contribution >= 0.6 is 11.8 Å². The number of para-hydroxylation sites is 1. The summed E-state index contributed by atoms with van der Waals surface area (Å²) < 4.78 is 41.9. The van der Waals surface area contributed by atoms with Crippen molar-refractivity contribution in [3.8, 4) is 22.8 Å². The lowest BCUT2D eigenvalue weighted by atomic mass is 10.1. The van der Waals surface area contributed by atoms with E-state index >= 15 is 0 Å². The summed E-state index contributed by atoms with van der Waals surface area (Å²) in [5.41, 5.74) is 4.39. The molecule has 4 aromatic rings. The Balaban J connectivity index is 1.29. The standard InChI is InChI=1S/C29H27F3N6O3S/c1-17-6-5-7-18(2)23(17)38-25(39)28(3,4)42-27(38)35-26(40)34-20-10-8-19(9-11-20)24-33-16-37(36-24)21-12-14-22(15-13-21)41-29(30,31)32/h5-16,25,39H,1-4H3,(H,34,40). The van der Waals surface area contributed by atoms with Gasteiger partial charge in [0.15, 0.2) is 11.0 Å². The zero-order chi connectivity index (χ0) is 30.2. The second kappa shape index (κ2) is 11.1. The molecule has 0 spiro atoms. The summed E-state index contributed by atoms with van der Waals surface area (Å²) in [6.45, 7) is 7.69. The number of hydrogen-bond donors (Lipinski definition) is 2. The lowest BCUT2D eigenvalue weighted by Gasteiger charge is -2.29. The number of thioether (sulfide) groups is 1. The van der Waals surface area contributed by atoms with Gasteiger partial charge in [-0.05, 0) is 87.4 Å². The van der Waals surface area contributed by atoms with E-state index in [1.54, 1.807) is 29.2 Å². The number of aliphatic hydroxyl groups excluding tert-OH is 1. The maximum atomic E-state index is 12.9. The van der Waals surface area contributed by atoms with Crippen LogP contribution in [0, 0.1) is 13.8 Å². The number of anilines is 2. The van der Waals surface area contributed by atoms with Gasteiger partial charge in [0.25, 0.3) is 0 Å². The summed E-state index contributed by atoms with van der Waals surface area (Å²) in [5.74, 6) is 0.0466. The number of aliphatic imine (C=N–C) groups is 1. The number of aromatic nitrogens is 3. The molecule has 0 saturated carbocycles. The van der Waals surface area contributed by atoms with E-state index in [0.717, 1.165) is 16.8 Å². The Labute approximate surface area is 244 Å². The van der Waals surface area contributed by atoms with Crippen molar-refractivity contribution in [1.29, 1.82) is 0 Å². The maximum absolute atomic E-state index is 12.9. The highest BCUT2D eigenvalue weighted by Gasteiger charge is 2.46. The van der Waals surface area contributed by atoms with Crippen LogP contribution in [-0.2, 0) is 0 Å². The molecule has 218 valence electrons. The first-order chi connectivity index (χ1) is 19.8. The largest absolute Gasteiger partial charge is 0.573 e. The SMILES string of the molecule is Cc1cccc(C)c1N1C(=NC(=O)Nc2ccc(-c3ncn(-c4ccc(OC(F)(F)F)cc4)n3)cc2)SC(C)(C)C1O. The number of carbonyl (C=O) groups is 1. The second-order valence-electron chi connectivity index (χ2n) is 10.1. The van der Waals surface area contributed by atoms with Crippen LogP contribution in [0.5, 0.6) is 5.75 Å². The number of aliphatic hydroxyl groups is 1. The Hall–Kier alpha value is -4.36. The van der Waals surface area contributed by atoms with Gasteiger partial charge in [-0.3, -0.25) is 4.90 Å². The van der Waals surface area contributed by atoms with Crippen LogP contribution in [-0.4, -0.2) is 48.4 Å². The number of amidine groups is 1. The number of alkyl halides is 3. The third kappa shape index (κ3) is 6.26. The van der Waals surface area contributed by atoms with Gasteiger partial charge < -0.3 is 15.2 Å². The smallest absolute Gasteiger partial charge is 0.406 e. The minimum Gasteiger partial charge on any atom is -0.406 e. The number of nitrogens with one attached hydrogen (secondary N) is 1. The molecule has 13 heteroatoms. The average Bonchev–Trinajstić information content (AvgIpc) is 3.48. The van der Waals surface area contributed by atoms with E-state index < -0.39 is 23.4 Å². The van der Waals surface area contributed by atoms with Gasteiger partial charge in [0.05, 0.1) is 16.1 Å². The van der Waals surface area contributed by atoms with E-state index in [4.69, 9.17) is 0 Å². The highest BCUT2D eigenvalue weighted by molar-refractivity contribution is 8.15. The molecule has 1 saturated heterocycles. The van der Waals surface area contributed by atoms with Crippen molar-refractivity contribution in [1.82, 2.24) is 14.8 Å². The number of benzene rings is 3.